The van der Waals surface area contributed by atoms with Gasteiger partial charge < -0.3 is 9.72 Å². The van der Waals surface area contributed by atoms with Crippen molar-refractivity contribution in [3.63, 3.8) is 0 Å². The van der Waals surface area contributed by atoms with Crippen LogP contribution in [0.15, 0.2) is 88.6 Å². The van der Waals surface area contributed by atoms with E-state index in [9.17, 15) is 18.0 Å². The highest BCUT2D eigenvalue weighted by atomic mass is 32.2. The Morgan fingerprint density at radius 1 is 0.971 bits per heavy atom. The molecule has 7 nitrogen and oxygen atoms in total. The zero-order valence-electron chi connectivity index (χ0n) is 19.5. The zero-order chi connectivity index (χ0) is 25.0. The van der Waals surface area contributed by atoms with E-state index in [1.54, 1.807) is 37.4 Å². The van der Waals surface area contributed by atoms with Crippen molar-refractivity contribution in [3.8, 4) is 5.75 Å². The molecule has 0 amide bonds. The highest BCUT2D eigenvalue weighted by Gasteiger charge is 2.26. The van der Waals surface area contributed by atoms with E-state index in [0.717, 1.165) is 10.9 Å². The van der Waals surface area contributed by atoms with Crippen LogP contribution in [0.3, 0.4) is 0 Å². The van der Waals surface area contributed by atoms with E-state index in [1.807, 2.05) is 36.4 Å². The average Bonchev–Trinajstić information content (AvgIpc) is 2.87. The smallest absolute Gasteiger partial charge is 0.252 e. The van der Waals surface area contributed by atoms with Crippen molar-refractivity contribution in [2.24, 2.45) is 0 Å². The van der Waals surface area contributed by atoms with E-state index >= 15 is 0 Å². The standard InChI is InChI=1S/C27H26N2O5S/c1-19(30)21-9-6-10-25(16-21)35(32,33)29(14-13-20-7-4-3-5-8-20)18-23-15-22-11-12-24(34-2)17-26(22)28-27(23)31/h3-12,15-17H,13-14,18H2,1-2H3,(H,28,31). The molecule has 4 rings (SSSR count). The Morgan fingerprint density at radius 2 is 1.74 bits per heavy atom. The molecule has 8 heteroatoms. The number of Topliss-reactive ketones (excluding diaryl/α,β-unsaturated/α-hetero) is 1. The molecule has 0 fully saturated rings. The van der Waals surface area contributed by atoms with Crippen molar-refractivity contribution in [1.29, 1.82) is 0 Å². The van der Waals surface area contributed by atoms with Crippen molar-refractivity contribution in [2.45, 2.75) is 24.8 Å². The van der Waals surface area contributed by atoms with Gasteiger partial charge in [0.25, 0.3) is 5.56 Å². The number of fused-ring (bicyclic) bond motifs is 1. The maximum Gasteiger partial charge on any atom is 0.252 e. The first kappa shape index (κ1) is 24.4. The van der Waals surface area contributed by atoms with Crippen molar-refractivity contribution >= 4 is 26.7 Å². The molecule has 35 heavy (non-hydrogen) atoms. The molecular weight excluding hydrogens is 464 g/mol. The Kier molecular flexibility index (Phi) is 7.14. The monoisotopic (exact) mass is 490 g/mol. The normalized spacial score (nSPS) is 11.6. The minimum Gasteiger partial charge on any atom is -0.497 e. The number of carbonyl (C=O) groups is 1. The van der Waals surface area contributed by atoms with E-state index in [1.165, 1.54) is 23.4 Å². The van der Waals surface area contributed by atoms with Crippen LogP contribution in [-0.4, -0.2) is 37.1 Å². The molecule has 1 heterocycles. The second-order valence-corrected chi connectivity index (χ2v) is 10.2. The van der Waals surface area contributed by atoms with Crippen LogP contribution in [0.2, 0.25) is 0 Å². The van der Waals surface area contributed by atoms with Gasteiger partial charge in [-0.1, -0.05) is 42.5 Å². The fourth-order valence-electron chi connectivity index (χ4n) is 3.87. The van der Waals surface area contributed by atoms with Crippen molar-refractivity contribution in [3.05, 3.63) is 106 Å². The number of nitrogens with zero attached hydrogens (tertiary/aromatic N) is 1. The van der Waals surface area contributed by atoms with Crippen molar-refractivity contribution in [2.75, 3.05) is 13.7 Å². The van der Waals surface area contributed by atoms with Crippen LogP contribution in [0.4, 0.5) is 0 Å². The predicted molar refractivity (Wildman–Crippen MR) is 135 cm³/mol. The van der Waals surface area contributed by atoms with E-state index in [2.05, 4.69) is 4.98 Å². The molecule has 0 bridgehead atoms. The Balaban J connectivity index is 1.73. The number of sulfonamides is 1. The number of benzene rings is 3. The quantitative estimate of drug-likeness (QED) is 0.355. The van der Waals surface area contributed by atoms with Crippen LogP contribution >= 0.6 is 0 Å². The van der Waals surface area contributed by atoms with Crippen LogP contribution in [0, 0.1) is 0 Å². The lowest BCUT2D eigenvalue weighted by molar-refractivity contribution is 0.101. The molecule has 0 spiro atoms. The second-order valence-electron chi connectivity index (χ2n) is 8.24. The van der Waals surface area contributed by atoms with Crippen LogP contribution in [0.1, 0.15) is 28.4 Å². The zero-order valence-corrected chi connectivity index (χ0v) is 20.3. The number of ether oxygens (including phenoxy) is 1. The molecule has 0 atom stereocenters. The lowest BCUT2D eigenvalue weighted by Crippen LogP contribution is -2.34. The van der Waals surface area contributed by atoms with Gasteiger partial charge in [0.05, 0.1) is 17.5 Å². The molecule has 4 aromatic rings. The van der Waals surface area contributed by atoms with E-state index in [4.69, 9.17) is 4.74 Å². The van der Waals surface area contributed by atoms with Gasteiger partial charge in [-0.05, 0) is 54.6 Å². The Morgan fingerprint density at radius 3 is 2.46 bits per heavy atom. The fourth-order valence-corrected chi connectivity index (χ4v) is 5.33. The topological polar surface area (TPSA) is 96.5 Å². The van der Waals surface area contributed by atoms with Gasteiger partial charge in [0.15, 0.2) is 5.78 Å². The highest BCUT2D eigenvalue weighted by molar-refractivity contribution is 7.89. The summed E-state index contributed by atoms with van der Waals surface area (Å²) in [5, 5.41) is 0.763. The van der Waals surface area contributed by atoms with Gasteiger partial charge in [-0.3, -0.25) is 9.59 Å². The van der Waals surface area contributed by atoms with Crippen LogP contribution < -0.4 is 10.3 Å². The molecule has 3 aromatic carbocycles. The number of ketones is 1. The molecule has 0 aliphatic carbocycles. The number of pyridine rings is 1. The lowest BCUT2D eigenvalue weighted by Gasteiger charge is -2.22. The highest BCUT2D eigenvalue weighted by Crippen LogP contribution is 2.22. The minimum absolute atomic E-state index is 0.0141. The van der Waals surface area contributed by atoms with E-state index in [-0.39, 0.29) is 29.3 Å². The van der Waals surface area contributed by atoms with Crippen molar-refractivity contribution in [1.82, 2.24) is 9.29 Å². The lowest BCUT2D eigenvalue weighted by atomic mass is 10.1. The Labute approximate surface area is 204 Å². The number of hydrogen-bond donors (Lipinski definition) is 1. The number of aromatic amines is 1. The number of H-pyrrole nitrogens is 1. The summed E-state index contributed by atoms with van der Waals surface area (Å²) in [7, 11) is -2.45. The summed E-state index contributed by atoms with van der Waals surface area (Å²) in [6.07, 6.45) is 0.467. The second kappa shape index (κ2) is 10.2. The third kappa shape index (κ3) is 5.50. The number of aromatic nitrogens is 1. The van der Waals surface area contributed by atoms with E-state index in [0.29, 0.717) is 28.8 Å². The van der Waals surface area contributed by atoms with Gasteiger partial charge in [-0.15, -0.1) is 0 Å². The first-order valence-electron chi connectivity index (χ1n) is 11.1. The van der Waals surface area contributed by atoms with Gasteiger partial charge in [-0.2, -0.15) is 4.31 Å². The summed E-state index contributed by atoms with van der Waals surface area (Å²) >= 11 is 0. The van der Waals surface area contributed by atoms with Gasteiger partial charge in [0.1, 0.15) is 5.75 Å². The van der Waals surface area contributed by atoms with Crippen LogP contribution in [0.5, 0.6) is 5.75 Å². The molecule has 1 N–H and O–H groups in total. The average molecular weight is 491 g/mol. The fraction of sp³-hybridized carbons (Fsp3) is 0.185. The van der Waals surface area contributed by atoms with Gasteiger partial charge in [-0.25, -0.2) is 8.42 Å². The molecule has 0 aliphatic heterocycles. The summed E-state index contributed by atoms with van der Waals surface area (Å²) < 4.78 is 33.9. The minimum atomic E-state index is -4.00. The third-order valence-corrected chi connectivity index (χ3v) is 7.69. The molecule has 180 valence electrons. The third-order valence-electron chi connectivity index (χ3n) is 5.85. The number of carbonyl (C=O) groups excluding carboxylic acids is 1. The van der Waals surface area contributed by atoms with Crippen LogP contribution in [0.25, 0.3) is 10.9 Å². The largest absolute Gasteiger partial charge is 0.497 e. The van der Waals surface area contributed by atoms with Crippen LogP contribution in [-0.2, 0) is 23.0 Å². The summed E-state index contributed by atoms with van der Waals surface area (Å²) in [5.41, 5.74) is 1.84. The number of rotatable bonds is 9. The summed E-state index contributed by atoms with van der Waals surface area (Å²) in [5.74, 6) is 0.387. The maximum absolute atomic E-state index is 13.7. The molecule has 0 unspecified atom stereocenters. The SMILES string of the molecule is COc1ccc2cc(CN(CCc3ccccc3)S(=O)(=O)c3cccc(C(C)=O)c3)c(=O)[nH]c2c1. The number of methoxy groups -OCH3 is 1. The van der Waals surface area contributed by atoms with Gasteiger partial charge >= 0.3 is 0 Å². The molecule has 1 aromatic heterocycles. The molecule has 0 aliphatic rings. The predicted octanol–water partition coefficient (Wildman–Crippen LogP) is 4.17. The molecule has 0 saturated carbocycles. The first-order valence-corrected chi connectivity index (χ1v) is 12.6. The maximum atomic E-state index is 13.7. The van der Waals surface area contributed by atoms with Gasteiger partial charge in [0.2, 0.25) is 10.0 Å². The Bertz CT molecular complexity index is 1530. The molecular formula is C27H26N2O5S. The number of hydrogen-bond acceptors (Lipinski definition) is 5. The summed E-state index contributed by atoms with van der Waals surface area (Å²) in [4.78, 5) is 27.6. The van der Waals surface area contributed by atoms with Gasteiger partial charge in [0, 0.05) is 30.3 Å². The van der Waals surface area contributed by atoms with E-state index < -0.39 is 10.0 Å². The molecule has 0 radical (unpaired) electrons. The summed E-state index contributed by atoms with van der Waals surface area (Å²) in [6.45, 7) is 1.44. The summed E-state index contributed by atoms with van der Waals surface area (Å²) in [6, 6.07) is 22.5. The number of nitrogens with one attached hydrogen (secondary N) is 1. The Hall–Kier alpha value is -3.75. The molecule has 0 saturated heterocycles. The van der Waals surface area contributed by atoms with Crippen molar-refractivity contribution < 1.29 is 17.9 Å². The first-order chi connectivity index (χ1) is 16.8.